The van der Waals surface area contributed by atoms with E-state index in [-0.39, 0.29) is 31.1 Å². The molecule has 0 amide bonds. The maximum absolute atomic E-state index is 12.8. The van der Waals surface area contributed by atoms with Gasteiger partial charge in [0.2, 0.25) is 0 Å². The average molecular weight is 1050 g/mol. The van der Waals surface area contributed by atoms with Crippen molar-refractivity contribution in [3.05, 3.63) is 72.9 Å². The summed E-state index contributed by atoms with van der Waals surface area (Å²) in [6, 6.07) is 0. The maximum Gasteiger partial charge on any atom is 0.306 e. The van der Waals surface area contributed by atoms with Gasteiger partial charge in [-0.05, 0) is 89.9 Å². The summed E-state index contributed by atoms with van der Waals surface area (Å²) in [5.74, 6) is -0.923. The lowest BCUT2D eigenvalue weighted by molar-refractivity contribution is -0.167. The number of unbranched alkanes of at least 4 members (excludes halogenated alkanes) is 36. The van der Waals surface area contributed by atoms with Crippen molar-refractivity contribution in [2.24, 2.45) is 0 Å². The number of carbonyl (C=O) groups is 3. The van der Waals surface area contributed by atoms with Gasteiger partial charge in [0.1, 0.15) is 13.2 Å². The zero-order chi connectivity index (χ0) is 54.3. The van der Waals surface area contributed by atoms with Crippen LogP contribution >= 0.6 is 0 Å². The molecule has 0 bridgehead atoms. The molecule has 0 aliphatic rings. The van der Waals surface area contributed by atoms with Crippen LogP contribution in [0.5, 0.6) is 0 Å². The second kappa shape index (κ2) is 63.4. The van der Waals surface area contributed by atoms with Crippen molar-refractivity contribution in [2.75, 3.05) is 13.2 Å². The summed E-state index contributed by atoms with van der Waals surface area (Å²) in [4.78, 5) is 37.9. The molecule has 0 aromatic rings. The van der Waals surface area contributed by atoms with Gasteiger partial charge in [-0.1, -0.05) is 293 Å². The van der Waals surface area contributed by atoms with E-state index in [0.717, 1.165) is 103 Å². The highest BCUT2D eigenvalue weighted by Gasteiger charge is 2.19. The molecule has 6 nitrogen and oxygen atoms in total. The highest BCUT2D eigenvalue weighted by atomic mass is 16.6. The zero-order valence-corrected chi connectivity index (χ0v) is 49.8. The quantitative estimate of drug-likeness (QED) is 0.0261. The summed E-state index contributed by atoms with van der Waals surface area (Å²) in [5, 5.41) is 0. The van der Waals surface area contributed by atoms with E-state index >= 15 is 0 Å². The van der Waals surface area contributed by atoms with E-state index in [1.165, 1.54) is 186 Å². The van der Waals surface area contributed by atoms with Gasteiger partial charge in [-0.2, -0.15) is 0 Å². The SMILES string of the molecule is CC/C=C\C/C=C\C/C=C\C/C=C\C/C=C\CCCCCC(=O)OC(COC(=O)CCCCCCC)COC(=O)CCCCCCCCCCCCCCCCCCCCCCC/C=C\CCCCCCCCCC. The summed E-state index contributed by atoms with van der Waals surface area (Å²) in [7, 11) is 0. The zero-order valence-electron chi connectivity index (χ0n) is 49.8. The Morgan fingerprint density at radius 2 is 0.520 bits per heavy atom. The third-order valence-corrected chi connectivity index (χ3v) is 14.2. The van der Waals surface area contributed by atoms with E-state index in [1.54, 1.807) is 0 Å². The van der Waals surface area contributed by atoms with Crippen LogP contribution < -0.4 is 0 Å². The predicted molar refractivity (Wildman–Crippen MR) is 325 cm³/mol. The number of allylic oxidation sites excluding steroid dienone is 12. The van der Waals surface area contributed by atoms with Gasteiger partial charge < -0.3 is 14.2 Å². The Morgan fingerprint density at radius 1 is 0.280 bits per heavy atom. The molecule has 0 saturated carbocycles. The molecule has 75 heavy (non-hydrogen) atoms. The van der Waals surface area contributed by atoms with Gasteiger partial charge in [0.25, 0.3) is 0 Å². The Kier molecular flexibility index (Phi) is 60.7. The lowest BCUT2D eigenvalue weighted by Crippen LogP contribution is -2.30. The minimum absolute atomic E-state index is 0.0866. The third-order valence-electron chi connectivity index (χ3n) is 14.2. The minimum Gasteiger partial charge on any atom is -0.462 e. The van der Waals surface area contributed by atoms with Crippen LogP contribution in [-0.2, 0) is 28.6 Å². The van der Waals surface area contributed by atoms with Crippen molar-refractivity contribution in [1.82, 2.24) is 0 Å². The number of esters is 3. The van der Waals surface area contributed by atoms with Crippen LogP contribution in [0.2, 0.25) is 0 Å². The molecule has 0 N–H and O–H groups in total. The molecule has 0 aromatic heterocycles. The van der Waals surface area contributed by atoms with Crippen molar-refractivity contribution in [2.45, 2.75) is 335 Å². The summed E-state index contributed by atoms with van der Waals surface area (Å²) >= 11 is 0. The first-order valence-electron chi connectivity index (χ1n) is 32.4. The topological polar surface area (TPSA) is 78.9 Å². The Bertz CT molecular complexity index is 1390. The second-order valence-electron chi connectivity index (χ2n) is 21.6. The van der Waals surface area contributed by atoms with E-state index in [4.69, 9.17) is 14.2 Å². The summed E-state index contributed by atoms with van der Waals surface area (Å²) < 4.78 is 16.7. The largest absolute Gasteiger partial charge is 0.462 e. The highest BCUT2D eigenvalue weighted by Crippen LogP contribution is 2.17. The lowest BCUT2D eigenvalue weighted by atomic mass is 10.0. The fourth-order valence-electron chi connectivity index (χ4n) is 9.35. The van der Waals surface area contributed by atoms with Gasteiger partial charge in [-0.3, -0.25) is 14.4 Å². The van der Waals surface area contributed by atoms with Gasteiger partial charge >= 0.3 is 17.9 Å². The molecule has 0 aliphatic heterocycles. The van der Waals surface area contributed by atoms with Crippen molar-refractivity contribution in [3.8, 4) is 0 Å². The molecule has 0 spiro atoms. The fraction of sp³-hybridized carbons (Fsp3) is 0.783. The molecule has 434 valence electrons. The molecular weight excluding hydrogens is 925 g/mol. The fourth-order valence-corrected chi connectivity index (χ4v) is 9.35. The van der Waals surface area contributed by atoms with Crippen molar-refractivity contribution >= 4 is 17.9 Å². The molecule has 1 atom stereocenters. The second-order valence-corrected chi connectivity index (χ2v) is 21.6. The minimum atomic E-state index is -0.788. The van der Waals surface area contributed by atoms with Gasteiger partial charge in [0.05, 0.1) is 0 Å². The van der Waals surface area contributed by atoms with Gasteiger partial charge in [-0.25, -0.2) is 0 Å². The highest BCUT2D eigenvalue weighted by molar-refractivity contribution is 5.71. The first kappa shape index (κ1) is 71.8. The van der Waals surface area contributed by atoms with E-state index in [2.05, 4.69) is 93.7 Å². The van der Waals surface area contributed by atoms with Crippen LogP contribution in [0.3, 0.4) is 0 Å². The molecule has 0 fully saturated rings. The molecule has 1 unspecified atom stereocenters. The lowest BCUT2D eigenvalue weighted by Gasteiger charge is -2.18. The van der Waals surface area contributed by atoms with Crippen molar-refractivity contribution in [3.63, 3.8) is 0 Å². The van der Waals surface area contributed by atoms with Crippen LogP contribution in [0.15, 0.2) is 72.9 Å². The average Bonchev–Trinajstić information content (AvgIpc) is 3.41. The molecular formula is C69H122O6. The number of carbonyl (C=O) groups excluding carboxylic acids is 3. The van der Waals surface area contributed by atoms with Crippen LogP contribution in [0.4, 0.5) is 0 Å². The summed E-state index contributed by atoms with van der Waals surface area (Å²) in [5.41, 5.74) is 0. The maximum atomic E-state index is 12.8. The van der Waals surface area contributed by atoms with E-state index < -0.39 is 6.10 Å². The van der Waals surface area contributed by atoms with Crippen LogP contribution in [0, 0.1) is 0 Å². The standard InChI is InChI=1S/C69H122O6/c1-4-7-10-13-15-17-19-21-23-25-27-28-29-30-31-32-33-34-35-36-37-38-39-40-42-43-45-47-49-51-53-56-59-62-68(71)74-65-66(64-73-67(70)61-58-55-12-9-6-3)75-69(72)63-60-57-54-52-50-48-46-44-41-26-24-22-20-18-16-14-11-8-5-2/h8,11,16,18,22,24-25,27,41,44,48,50,66H,4-7,9-10,12-15,17,19-21,23,26,28-40,42-43,45-47,49,51-65H2,1-3H3/b11-8-,18-16-,24-22-,27-25-,44-41-,50-48-. The first-order valence-corrected chi connectivity index (χ1v) is 32.4. The first-order chi connectivity index (χ1) is 37.0. The summed E-state index contributed by atoms with van der Waals surface area (Å²) in [6.45, 7) is 6.44. The van der Waals surface area contributed by atoms with E-state index in [9.17, 15) is 14.4 Å². The molecule has 0 saturated heterocycles. The Labute approximate surface area is 465 Å². The normalized spacial score (nSPS) is 12.5. The molecule has 6 heteroatoms. The molecule has 0 aromatic carbocycles. The van der Waals surface area contributed by atoms with Gasteiger partial charge in [0.15, 0.2) is 6.10 Å². The molecule has 0 radical (unpaired) electrons. The van der Waals surface area contributed by atoms with Gasteiger partial charge in [-0.15, -0.1) is 0 Å². The Hall–Kier alpha value is -3.15. The third kappa shape index (κ3) is 61.6. The van der Waals surface area contributed by atoms with Gasteiger partial charge in [0, 0.05) is 19.3 Å². The van der Waals surface area contributed by atoms with E-state index in [1.807, 2.05) is 0 Å². The molecule has 0 rings (SSSR count). The Balaban J connectivity index is 3.96. The monoisotopic (exact) mass is 1050 g/mol. The van der Waals surface area contributed by atoms with Crippen molar-refractivity contribution in [1.29, 1.82) is 0 Å². The van der Waals surface area contributed by atoms with Crippen molar-refractivity contribution < 1.29 is 28.6 Å². The van der Waals surface area contributed by atoms with Crippen LogP contribution in [0.25, 0.3) is 0 Å². The molecule has 0 aliphatic carbocycles. The predicted octanol–water partition coefficient (Wildman–Crippen LogP) is 22.1. The van der Waals surface area contributed by atoms with E-state index in [0.29, 0.717) is 19.3 Å². The number of hydrogen-bond donors (Lipinski definition) is 0. The number of hydrogen-bond acceptors (Lipinski definition) is 6. The molecule has 0 heterocycles. The number of rotatable bonds is 59. The smallest absolute Gasteiger partial charge is 0.306 e. The van der Waals surface area contributed by atoms with Crippen LogP contribution in [0.1, 0.15) is 329 Å². The van der Waals surface area contributed by atoms with Crippen LogP contribution in [-0.4, -0.2) is 37.2 Å². The number of ether oxygens (including phenoxy) is 3. The Morgan fingerprint density at radius 3 is 0.840 bits per heavy atom. The summed E-state index contributed by atoms with van der Waals surface area (Å²) in [6.07, 6.45) is 82.7.